The van der Waals surface area contributed by atoms with Crippen molar-refractivity contribution in [2.45, 2.75) is 83.7 Å². The smallest absolute Gasteiger partial charge is 0.420 e. The fraction of sp³-hybridized carbons (Fsp3) is 0.459. The van der Waals surface area contributed by atoms with Crippen molar-refractivity contribution in [1.82, 2.24) is 24.3 Å². The van der Waals surface area contributed by atoms with E-state index in [2.05, 4.69) is 4.98 Å². The highest BCUT2D eigenvalue weighted by molar-refractivity contribution is 5.94. The number of hydrogen-bond donors (Lipinski definition) is 0. The molecule has 0 N–H and O–H groups in total. The molecule has 4 aromatic heterocycles. The summed E-state index contributed by atoms with van der Waals surface area (Å²) in [6.45, 7) is 8.89. The van der Waals surface area contributed by atoms with Crippen molar-refractivity contribution >= 4 is 33.8 Å². The Labute approximate surface area is 287 Å². The summed E-state index contributed by atoms with van der Waals surface area (Å²) in [5, 5.41) is 6.27. The summed E-state index contributed by atoms with van der Waals surface area (Å²) >= 11 is 0. The molecule has 2 unspecified atom stereocenters. The molecule has 2 aliphatic heterocycles. The first-order valence-corrected chi connectivity index (χ1v) is 17.1. The van der Waals surface area contributed by atoms with Crippen molar-refractivity contribution in [3.63, 3.8) is 0 Å². The fourth-order valence-electron chi connectivity index (χ4n) is 7.67. The zero-order valence-corrected chi connectivity index (χ0v) is 28.5. The summed E-state index contributed by atoms with van der Waals surface area (Å²) in [7, 11) is 0. The van der Waals surface area contributed by atoms with Gasteiger partial charge >= 0.3 is 6.09 Å². The van der Waals surface area contributed by atoms with Gasteiger partial charge < -0.3 is 19.1 Å². The van der Waals surface area contributed by atoms with Crippen LogP contribution in [0.4, 0.5) is 23.8 Å². The number of hydrogen-bond acceptors (Lipinski definition) is 8. The molecule has 8 rings (SSSR count). The Morgan fingerprint density at radius 2 is 1.84 bits per heavy atom. The van der Waals surface area contributed by atoms with E-state index in [1.54, 1.807) is 40.0 Å². The van der Waals surface area contributed by atoms with Crippen LogP contribution >= 0.6 is 0 Å². The summed E-state index contributed by atoms with van der Waals surface area (Å²) in [6, 6.07) is 11.1. The van der Waals surface area contributed by atoms with E-state index in [9.17, 15) is 13.6 Å². The normalized spacial score (nSPS) is 20.5. The molecule has 0 radical (unpaired) electrons. The van der Waals surface area contributed by atoms with Crippen molar-refractivity contribution in [2.75, 3.05) is 24.6 Å². The van der Waals surface area contributed by atoms with Crippen molar-refractivity contribution in [3.05, 3.63) is 66.4 Å². The Hall–Kier alpha value is -4.65. The van der Waals surface area contributed by atoms with Gasteiger partial charge in [-0.15, -0.1) is 0 Å². The van der Waals surface area contributed by atoms with E-state index in [1.165, 1.54) is 10.8 Å². The molecule has 0 bridgehead atoms. The Kier molecular flexibility index (Phi) is 7.63. The largest absolute Gasteiger partial charge is 0.486 e. The van der Waals surface area contributed by atoms with Gasteiger partial charge in [-0.05, 0) is 83.4 Å². The van der Waals surface area contributed by atoms with Crippen molar-refractivity contribution < 1.29 is 32.2 Å². The quantitative estimate of drug-likeness (QED) is 0.175. The monoisotopic (exact) mass is 688 g/mol. The summed E-state index contributed by atoms with van der Waals surface area (Å²) < 4.78 is 63.6. The Morgan fingerprint density at radius 1 is 1.04 bits per heavy atom. The Balaban J connectivity index is 1.09. The molecule has 3 aliphatic rings. The highest BCUT2D eigenvalue weighted by Crippen LogP contribution is 2.57. The summed E-state index contributed by atoms with van der Waals surface area (Å²) in [5.74, 6) is -1.85. The molecule has 1 spiro atoms. The molecule has 1 saturated carbocycles. The van der Waals surface area contributed by atoms with E-state index in [-0.39, 0.29) is 35.7 Å². The van der Waals surface area contributed by atoms with E-state index in [0.29, 0.717) is 36.5 Å². The van der Waals surface area contributed by atoms with Gasteiger partial charge in [-0.25, -0.2) is 37.2 Å². The summed E-state index contributed by atoms with van der Waals surface area (Å²) in [6.07, 6.45) is 5.55. The average molecular weight is 689 g/mol. The lowest BCUT2D eigenvalue weighted by Crippen LogP contribution is -2.66. The first-order valence-electron chi connectivity index (χ1n) is 17.1. The van der Waals surface area contributed by atoms with Gasteiger partial charge in [0.15, 0.2) is 6.23 Å². The van der Waals surface area contributed by atoms with Crippen LogP contribution < -0.4 is 9.64 Å². The Bertz CT molecular complexity index is 2080. The number of aromatic nitrogens is 5. The zero-order valence-electron chi connectivity index (χ0n) is 28.5. The summed E-state index contributed by atoms with van der Waals surface area (Å²) in [5.41, 5.74) is 1.87. The van der Waals surface area contributed by atoms with Crippen molar-refractivity contribution in [2.24, 2.45) is 5.41 Å². The first-order chi connectivity index (χ1) is 23.8. The van der Waals surface area contributed by atoms with Crippen LogP contribution in [0.3, 0.4) is 0 Å². The number of carbonyl (C=O) groups excluding carboxylic acids is 1. The van der Waals surface area contributed by atoms with Gasteiger partial charge in [0.2, 0.25) is 5.92 Å². The predicted octanol–water partition coefficient (Wildman–Crippen LogP) is 8.44. The second kappa shape index (κ2) is 11.7. The number of alkyl halides is 2. The molecule has 5 aromatic rings. The molecule has 3 fully saturated rings. The van der Waals surface area contributed by atoms with Crippen LogP contribution in [-0.2, 0) is 9.47 Å². The lowest BCUT2D eigenvalue weighted by Gasteiger charge is -2.59. The molecular weight excluding hydrogens is 649 g/mol. The van der Waals surface area contributed by atoms with E-state index in [4.69, 9.17) is 24.3 Å². The fourth-order valence-corrected chi connectivity index (χ4v) is 7.67. The number of pyridine rings is 2. The van der Waals surface area contributed by atoms with Crippen LogP contribution in [0.1, 0.15) is 77.7 Å². The maximum absolute atomic E-state index is 15.4. The third kappa shape index (κ3) is 5.84. The van der Waals surface area contributed by atoms with Crippen LogP contribution in [0.25, 0.3) is 33.2 Å². The van der Waals surface area contributed by atoms with Crippen molar-refractivity contribution in [1.29, 1.82) is 0 Å². The minimum Gasteiger partial charge on any atom is -0.486 e. The van der Waals surface area contributed by atoms with Gasteiger partial charge in [0, 0.05) is 72.2 Å². The van der Waals surface area contributed by atoms with Crippen LogP contribution in [0, 0.1) is 11.2 Å². The minimum absolute atomic E-state index is 0.0538. The lowest BCUT2D eigenvalue weighted by atomic mass is 9.61. The van der Waals surface area contributed by atoms with E-state index in [1.807, 2.05) is 39.9 Å². The highest BCUT2D eigenvalue weighted by Gasteiger charge is 2.61. The van der Waals surface area contributed by atoms with Gasteiger partial charge in [-0.1, -0.05) is 0 Å². The average Bonchev–Trinajstić information content (AvgIpc) is 3.64. The van der Waals surface area contributed by atoms with Crippen LogP contribution in [0.5, 0.6) is 5.75 Å². The van der Waals surface area contributed by atoms with Gasteiger partial charge in [0.05, 0.1) is 11.7 Å². The number of ether oxygens (including phenoxy) is 3. The minimum atomic E-state index is -2.54. The zero-order chi connectivity index (χ0) is 35.0. The third-order valence-corrected chi connectivity index (χ3v) is 9.79. The highest BCUT2D eigenvalue weighted by atomic mass is 19.3. The topological polar surface area (TPSA) is 96.5 Å². The maximum atomic E-state index is 15.4. The molecule has 2 saturated heterocycles. The predicted molar refractivity (Wildman–Crippen MR) is 181 cm³/mol. The molecule has 50 heavy (non-hydrogen) atoms. The number of rotatable bonds is 6. The standard InChI is InChI=1S/C37H39F3N6O4/c1-22(31-25-12-13-45(33(25)42-17-27(31)38)34(47)50-35(2,3)4)49-24-9-10-28-26(15-24)32(43-46(28)30-7-5-6-14-48-30)23-8-11-29(41-16-23)44-20-36(21-44)18-37(39,40)19-36/h8-13,15-17,22,30H,5-7,14,18-21H2,1-4H3. The molecular formula is C37H39F3N6O4. The number of carbonyl (C=O) groups is 1. The van der Waals surface area contributed by atoms with Gasteiger partial charge in [-0.3, -0.25) is 0 Å². The molecule has 1 aromatic carbocycles. The summed E-state index contributed by atoms with van der Waals surface area (Å²) in [4.78, 5) is 23.8. The SMILES string of the molecule is CC(Oc1ccc2c(c1)c(-c1ccc(N3CC4(C3)CC(F)(F)C4)nc1)nn2C1CCCCO1)c1c(F)cnc2c1ccn2C(=O)OC(C)(C)C. The first kappa shape index (κ1) is 32.5. The molecule has 1 aliphatic carbocycles. The molecule has 10 nitrogen and oxygen atoms in total. The lowest BCUT2D eigenvalue weighted by molar-refractivity contribution is -0.170. The number of nitrogens with zero attached hydrogens (tertiary/aromatic N) is 6. The molecule has 262 valence electrons. The van der Waals surface area contributed by atoms with E-state index < -0.39 is 29.5 Å². The second-order valence-electron chi connectivity index (χ2n) is 14.9. The van der Waals surface area contributed by atoms with E-state index in [0.717, 1.165) is 47.7 Å². The number of halogens is 3. The maximum Gasteiger partial charge on any atom is 0.420 e. The molecule has 6 heterocycles. The molecule has 0 amide bonds. The van der Waals surface area contributed by atoms with Crippen LogP contribution in [0.2, 0.25) is 0 Å². The molecule has 13 heteroatoms. The number of anilines is 1. The van der Waals surface area contributed by atoms with Gasteiger partial charge in [0.25, 0.3) is 0 Å². The van der Waals surface area contributed by atoms with Crippen LogP contribution in [0.15, 0.2) is 55.0 Å². The molecule has 2 atom stereocenters. The third-order valence-electron chi connectivity index (χ3n) is 9.79. The number of fused-ring (bicyclic) bond motifs is 2. The van der Waals surface area contributed by atoms with Gasteiger partial charge in [-0.2, -0.15) is 5.10 Å². The van der Waals surface area contributed by atoms with Gasteiger partial charge in [0.1, 0.15) is 40.4 Å². The van der Waals surface area contributed by atoms with Crippen molar-refractivity contribution in [3.8, 4) is 17.0 Å². The number of benzene rings is 1. The second-order valence-corrected chi connectivity index (χ2v) is 14.9. The van der Waals surface area contributed by atoms with E-state index >= 15 is 4.39 Å². The Morgan fingerprint density at radius 3 is 2.52 bits per heavy atom. The van der Waals surface area contributed by atoms with Crippen LogP contribution in [-0.4, -0.2) is 61.6 Å².